The fourth-order valence-corrected chi connectivity index (χ4v) is 3.74. The Hall–Kier alpha value is -0.470. The molecular weight excluding hydrogens is 214 g/mol. The zero-order valence-corrected chi connectivity index (χ0v) is 10.6. The Labute approximate surface area is 102 Å². The highest BCUT2D eigenvalue weighted by atomic mass is 32.2. The molecule has 2 aliphatic rings. The SMILES string of the molecule is CC(CC1CC1)NC1CSc2ccccc21. The first-order valence-electron chi connectivity index (χ1n) is 6.30. The number of thioether (sulfide) groups is 1. The van der Waals surface area contributed by atoms with Crippen LogP contribution in [-0.4, -0.2) is 11.8 Å². The number of fused-ring (bicyclic) bond motifs is 1. The molecule has 1 saturated carbocycles. The molecule has 86 valence electrons. The maximum Gasteiger partial charge on any atom is 0.0428 e. The van der Waals surface area contributed by atoms with E-state index in [0.29, 0.717) is 12.1 Å². The van der Waals surface area contributed by atoms with Crippen LogP contribution in [0, 0.1) is 5.92 Å². The number of nitrogens with one attached hydrogen (secondary N) is 1. The smallest absolute Gasteiger partial charge is 0.0428 e. The maximum absolute atomic E-state index is 3.79. The Morgan fingerprint density at radius 1 is 1.38 bits per heavy atom. The average Bonchev–Trinajstić information content (AvgIpc) is 3.00. The summed E-state index contributed by atoms with van der Waals surface area (Å²) >= 11 is 1.99. The molecule has 2 unspecified atom stereocenters. The van der Waals surface area contributed by atoms with E-state index in [9.17, 15) is 0 Å². The van der Waals surface area contributed by atoms with Crippen LogP contribution in [0.5, 0.6) is 0 Å². The Bertz CT molecular complexity index is 373. The van der Waals surface area contributed by atoms with Crippen LogP contribution in [-0.2, 0) is 0 Å². The van der Waals surface area contributed by atoms with Crippen molar-refractivity contribution >= 4 is 11.8 Å². The first-order chi connectivity index (χ1) is 7.83. The van der Waals surface area contributed by atoms with Gasteiger partial charge in [-0.2, -0.15) is 0 Å². The molecule has 1 aliphatic heterocycles. The number of rotatable bonds is 4. The lowest BCUT2D eigenvalue weighted by molar-refractivity contribution is 0.443. The fraction of sp³-hybridized carbons (Fsp3) is 0.571. The van der Waals surface area contributed by atoms with Gasteiger partial charge in [0, 0.05) is 22.7 Å². The third kappa shape index (κ3) is 2.28. The molecule has 0 aromatic heterocycles. The van der Waals surface area contributed by atoms with Crippen molar-refractivity contribution in [2.24, 2.45) is 5.92 Å². The van der Waals surface area contributed by atoms with Crippen LogP contribution >= 0.6 is 11.8 Å². The molecule has 2 atom stereocenters. The molecule has 1 N–H and O–H groups in total. The van der Waals surface area contributed by atoms with Crippen LogP contribution in [0.1, 0.15) is 37.8 Å². The van der Waals surface area contributed by atoms with E-state index in [4.69, 9.17) is 0 Å². The van der Waals surface area contributed by atoms with E-state index < -0.39 is 0 Å². The van der Waals surface area contributed by atoms with Gasteiger partial charge < -0.3 is 5.32 Å². The third-order valence-corrected chi connectivity index (χ3v) is 4.75. The third-order valence-electron chi connectivity index (χ3n) is 3.57. The predicted molar refractivity (Wildman–Crippen MR) is 69.8 cm³/mol. The van der Waals surface area contributed by atoms with Gasteiger partial charge in [-0.15, -0.1) is 11.8 Å². The van der Waals surface area contributed by atoms with Crippen molar-refractivity contribution in [3.8, 4) is 0 Å². The van der Waals surface area contributed by atoms with E-state index in [1.165, 1.54) is 35.5 Å². The topological polar surface area (TPSA) is 12.0 Å². The van der Waals surface area contributed by atoms with Crippen molar-refractivity contribution in [3.05, 3.63) is 29.8 Å². The van der Waals surface area contributed by atoms with Gasteiger partial charge in [0.2, 0.25) is 0 Å². The summed E-state index contributed by atoms with van der Waals surface area (Å²) in [5.74, 6) is 2.22. The Morgan fingerprint density at radius 3 is 3.00 bits per heavy atom. The van der Waals surface area contributed by atoms with E-state index in [1.807, 2.05) is 11.8 Å². The molecule has 0 radical (unpaired) electrons. The van der Waals surface area contributed by atoms with Gasteiger partial charge in [0.15, 0.2) is 0 Å². The lowest BCUT2D eigenvalue weighted by Gasteiger charge is -2.19. The summed E-state index contributed by atoms with van der Waals surface area (Å²) in [7, 11) is 0. The van der Waals surface area contributed by atoms with Gasteiger partial charge >= 0.3 is 0 Å². The fourth-order valence-electron chi connectivity index (χ4n) is 2.57. The van der Waals surface area contributed by atoms with Crippen LogP contribution in [0.25, 0.3) is 0 Å². The summed E-state index contributed by atoms with van der Waals surface area (Å²) in [4.78, 5) is 1.47. The van der Waals surface area contributed by atoms with Crippen LogP contribution < -0.4 is 5.32 Å². The van der Waals surface area contributed by atoms with Crippen LogP contribution in [0.15, 0.2) is 29.2 Å². The number of hydrogen-bond donors (Lipinski definition) is 1. The van der Waals surface area contributed by atoms with Gasteiger partial charge in [0.05, 0.1) is 0 Å². The molecule has 1 heterocycles. The lowest BCUT2D eigenvalue weighted by atomic mass is 10.1. The molecule has 1 fully saturated rings. The van der Waals surface area contributed by atoms with E-state index >= 15 is 0 Å². The summed E-state index contributed by atoms with van der Waals surface area (Å²) in [5.41, 5.74) is 1.51. The molecule has 0 bridgehead atoms. The van der Waals surface area contributed by atoms with Crippen molar-refractivity contribution in [1.82, 2.24) is 5.32 Å². The summed E-state index contributed by atoms with van der Waals surface area (Å²) in [6.45, 7) is 2.34. The monoisotopic (exact) mass is 233 g/mol. The largest absolute Gasteiger partial charge is 0.307 e. The first kappa shape index (κ1) is 10.7. The van der Waals surface area contributed by atoms with Gasteiger partial charge in [-0.05, 0) is 30.9 Å². The first-order valence-corrected chi connectivity index (χ1v) is 7.29. The Balaban J connectivity index is 1.63. The van der Waals surface area contributed by atoms with E-state index in [1.54, 1.807) is 0 Å². The highest BCUT2D eigenvalue weighted by Crippen LogP contribution is 2.39. The molecule has 1 nitrogen and oxygen atoms in total. The minimum Gasteiger partial charge on any atom is -0.307 e. The van der Waals surface area contributed by atoms with Gasteiger partial charge in [-0.1, -0.05) is 31.0 Å². The molecule has 0 saturated heterocycles. The molecule has 0 amide bonds. The molecular formula is C14H19NS. The van der Waals surface area contributed by atoms with Crippen molar-refractivity contribution < 1.29 is 0 Å². The van der Waals surface area contributed by atoms with E-state index in [0.717, 1.165) is 5.92 Å². The molecule has 1 aliphatic carbocycles. The summed E-state index contributed by atoms with van der Waals surface area (Å²) in [6.07, 6.45) is 4.29. The van der Waals surface area contributed by atoms with Crippen molar-refractivity contribution in [2.75, 3.05) is 5.75 Å². The second kappa shape index (κ2) is 4.42. The molecule has 0 spiro atoms. The van der Waals surface area contributed by atoms with E-state index in [2.05, 4.69) is 36.5 Å². The highest BCUT2D eigenvalue weighted by Gasteiger charge is 2.27. The van der Waals surface area contributed by atoms with E-state index in [-0.39, 0.29) is 0 Å². The van der Waals surface area contributed by atoms with Crippen molar-refractivity contribution in [2.45, 2.75) is 43.2 Å². The average molecular weight is 233 g/mol. The lowest BCUT2D eigenvalue weighted by Crippen LogP contribution is -2.31. The molecule has 1 aromatic carbocycles. The summed E-state index contributed by atoms with van der Waals surface area (Å²) < 4.78 is 0. The number of hydrogen-bond acceptors (Lipinski definition) is 2. The van der Waals surface area contributed by atoms with Crippen molar-refractivity contribution in [1.29, 1.82) is 0 Å². The molecule has 3 rings (SSSR count). The maximum atomic E-state index is 3.79. The molecule has 1 aromatic rings. The zero-order chi connectivity index (χ0) is 11.0. The summed E-state index contributed by atoms with van der Waals surface area (Å²) in [6, 6.07) is 10.1. The van der Waals surface area contributed by atoms with Crippen LogP contribution in [0.3, 0.4) is 0 Å². The molecule has 16 heavy (non-hydrogen) atoms. The second-order valence-electron chi connectivity index (χ2n) is 5.15. The van der Waals surface area contributed by atoms with Gasteiger partial charge in [0.1, 0.15) is 0 Å². The van der Waals surface area contributed by atoms with Crippen LogP contribution in [0.2, 0.25) is 0 Å². The minimum atomic E-state index is 0.579. The summed E-state index contributed by atoms with van der Waals surface area (Å²) in [5, 5.41) is 3.79. The number of benzene rings is 1. The molecule has 2 heteroatoms. The highest BCUT2D eigenvalue weighted by molar-refractivity contribution is 7.99. The second-order valence-corrected chi connectivity index (χ2v) is 6.21. The normalized spacial score (nSPS) is 25.4. The van der Waals surface area contributed by atoms with Crippen LogP contribution in [0.4, 0.5) is 0 Å². The van der Waals surface area contributed by atoms with Gasteiger partial charge in [0.25, 0.3) is 0 Å². The quantitative estimate of drug-likeness (QED) is 0.852. The van der Waals surface area contributed by atoms with Gasteiger partial charge in [-0.3, -0.25) is 0 Å². The standard InChI is InChI=1S/C14H19NS/c1-10(8-11-6-7-11)15-13-9-16-14-5-3-2-4-12(13)14/h2-5,10-11,13,15H,6-9H2,1H3. The van der Waals surface area contributed by atoms with Gasteiger partial charge in [-0.25, -0.2) is 0 Å². The minimum absolute atomic E-state index is 0.579. The van der Waals surface area contributed by atoms with Crippen molar-refractivity contribution in [3.63, 3.8) is 0 Å². The Morgan fingerprint density at radius 2 is 2.19 bits per heavy atom. The zero-order valence-electron chi connectivity index (χ0n) is 9.78. The predicted octanol–water partition coefficient (Wildman–Crippen LogP) is 3.61. The Kier molecular flexibility index (Phi) is 2.95.